The van der Waals surface area contributed by atoms with E-state index in [9.17, 15) is 18.0 Å². The molecule has 0 aliphatic rings. The number of halogens is 3. The van der Waals surface area contributed by atoms with Crippen LogP contribution in [0.5, 0.6) is 0 Å². The molecule has 1 heterocycles. The van der Waals surface area contributed by atoms with Gasteiger partial charge in [0.2, 0.25) is 0 Å². The molecular formula is C12H9F3N2OS. The SMILES string of the molecule is CC(=O)c1ccc(Nc2nc(C(F)(F)F)cs2)cc1. The molecule has 0 radical (unpaired) electrons. The predicted octanol–water partition coefficient (Wildman–Crippen LogP) is 4.11. The summed E-state index contributed by atoms with van der Waals surface area (Å²) in [4.78, 5) is 14.5. The van der Waals surface area contributed by atoms with Crippen LogP contribution in [0.15, 0.2) is 29.6 Å². The van der Waals surface area contributed by atoms with Crippen molar-refractivity contribution in [3.63, 3.8) is 0 Å². The Kier molecular flexibility index (Phi) is 3.57. The van der Waals surface area contributed by atoms with Gasteiger partial charge in [0.15, 0.2) is 16.6 Å². The number of carbonyl (C=O) groups excluding carboxylic acids is 1. The van der Waals surface area contributed by atoms with Gasteiger partial charge in [-0.05, 0) is 31.2 Å². The number of rotatable bonds is 3. The fourth-order valence-electron chi connectivity index (χ4n) is 1.37. The lowest BCUT2D eigenvalue weighted by Gasteiger charge is -2.03. The molecule has 0 unspecified atom stereocenters. The summed E-state index contributed by atoms with van der Waals surface area (Å²) in [5.41, 5.74) is 0.203. The summed E-state index contributed by atoms with van der Waals surface area (Å²) in [6.07, 6.45) is -4.44. The van der Waals surface area contributed by atoms with E-state index < -0.39 is 11.9 Å². The highest BCUT2D eigenvalue weighted by Crippen LogP contribution is 2.32. The molecule has 0 amide bonds. The molecule has 0 atom stereocenters. The predicted molar refractivity (Wildman–Crippen MR) is 66.8 cm³/mol. The maximum atomic E-state index is 12.4. The second-order valence-corrected chi connectivity index (χ2v) is 4.65. The van der Waals surface area contributed by atoms with Crippen molar-refractivity contribution < 1.29 is 18.0 Å². The summed E-state index contributed by atoms with van der Waals surface area (Å²) < 4.78 is 37.1. The number of nitrogens with zero attached hydrogens (tertiary/aromatic N) is 1. The van der Waals surface area contributed by atoms with Gasteiger partial charge < -0.3 is 5.32 Å². The lowest BCUT2D eigenvalue weighted by Crippen LogP contribution is -2.05. The molecule has 7 heteroatoms. The first kappa shape index (κ1) is 13.5. The lowest BCUT2D eigenvalue weighted by atomic mass is 10.1. The lowest BCUT2D eigenvalue weighted by molar-refractivity contribution is -0.140. The van der Waals surface area contributed by atoms with Gasteiger partial charge in [0.05, 0.1) is 0 Å². The Hall–Kier alpha value is -1.89. The van der Waals surface area contributed by atoms with Crippen LogP contribution in [0, 0.1) is 0 Å². The second-order valence-electron chi connectivity index (χ2n) is 3.79. The van der Waals surface area contributed by atoms with Gasteiger partial charge in [0.25, 0.3) is 0 Å². The van der Waals surface area contributed by atoms with Crippen LogP contribution in [0.25, 0.3) is 0 Å². The van der Waals surface area contributed by atoms with Gasteiger partial charge in [-0.25, -0.2) is 4.98 Å². The zero-order chi connectivity index (χ0) is 14.0. The van der Waals surface area contributed by atoms with Gasteiger partial charge in [-0.1, -0.05) is 0 Å². The molecule has 3 nitrogen and oxygen atoms in total. The van der Waals surface area contributed by atoms with E-state index in [2.05, 4.69) is 10.3 Å². The molecule has 2 aromatic rings. The number of carbonyl (C=O) groups is 1. The molecule has 1 aromatic carbocycles. The molecule has 0 spiro atoms. The third-order valence-corrected chi connectivity index (χ3v) is 3.10. The summed E-state index contributed by atoms with van der Waals surface area (Å²) in [5, 5.41) is 3.86. The van der Waals surface area contributed by atoms with Gasteiger partial charge in [0, 0.05) is 16.6 Å². The molecule has 100 valence electrons. The molecule has 0 saturated heterocycles. The van der Waals surface area contributed by atoms with E-state index in [0.29, 0.717) is 11.3 Å². The first-order chi connectivity index (χ1) is 8.86. The molecule has 1 N–H and O–H groups in total. The van der Waals surface area contributed by atoms with Crippen LogP contribution >= 0.6 is 11.3 Å². The van der Waals surface area contributed by atoms with Crippen LogP contribution in [0.3, 0.4) is 0 Å². The maximum absolute atomic E-state index is 12.4. The monoisotopic (exact) mass is 286 g/mol. The maximum Gasteiger partial charge on any atom is 0.434 e. The van der Waals surface area contributed by atoms with Gasteiger partial charge in [0.1, 0.15) is 0 Å². The molecule has 0 bridgehead atoms. The van der Waals surface area contributed by atoms with E-state index >= 15 is 0 Å². The van der Waals surface area contributed by atoms with Crippen LogP contribution in [0.2, 0.25) is 0 Å². The molecule has 0 aliphatic heterocycles. The number of nitrogens with one attached hydrogen (secondary N) is 1. The van der Waals surface area contributed by atoms with Crippen molar-refractivity contribution in [1.29, 1.82) is 0 Å². The molecule has 2 rings (SSSR count). The summed E-state index contributed by atoms with van der Waals surface area (Å²) >= 11 is 0.873. The number of anilines is 2. The summed E-state index contributed by atoms with van der Waals surface area (Å²) in [6.45, 7) is 1.44. The largest absolute Gasteiger partial charge is 0.434 e. The minimum Gasteiger partial charge on any atom is -0.332 e. The highest BCUT2D eigenvalue weighted by Gasteiger charge is 2.33. The fourth-order valence-corrected chi connectivity index (χ4v) is 2.11. The van der Waals surface area contributed by atoms with Gasteiger partial charge in [-0.15, -0.1) is 11.3 Å². The summed E-state index contributed by atoms with van der Waals surface area (Å²) in [7, 11) is 0. The fraction of sp³-hybridized carbons (Fsp3) is 0.167. The van der Waals surface area contributed by atoms with Gasteiger partial charge >= 0.3 is 6.18 Å². The number of benzene rings is 1. The second kappa shape index (κ2) is 5.00. The van der Waals surface area contributed by atoms with E-state index in [1.807, 2.05) is 0 Å². The highest BCUT2D eigenvalue weighted by molar-refractivity contribution is 7.13. The van der Waals surface area contributed by atoms with Crippen molar-refractivity contribution in [3.05, 3.63) is 40.9 Å². The smallest absolute Gasteiger partial charge is 0.332 e. The standard InChI is InChI=1S/C12H9F3N2OS/c1-7(18)8-2-4-9(5-3-8)16-11-17-10(6-19-11)12(13,14)15/h2-6H,1H3,(H,16,17). The van der Waals surface area contributed by atoms with Gasteiger partial charge in [-0.2, -0.15) is 13.2 Å². The van der Waals surface area contributed by atoms with Crippen LogP contribution in [0.4, 0.5) is 24.0 Å². The van der Waals surface area contributed by atoms with E-state index in [1.54, 1.807) is 24.3 Å². The van der Waals surface area contributed by atoms with Gasteiger partial charge in [-0.3, -0.25) is 4.79 Å². The van der Waals surface area contributed by atoms with E-state index in [4.69, 9.17) is 0 Å². The number of alkyl halides is 3. The topological polar surface area (TPSA) is 42.0 Å². The Morgan fingerprint density at radius 2 is 1.89 bits per heavy atom. The Balaban J connectivity index is 2.13. The third-order valence-electron chi connectivity index (χ3n) is 2.34. The minimum absolute atomic E-state index is 0.0693. The van der Waals surface area contributed by atoms with E-state index in [1.165, 1.54) is 6.92 Å². The quantitative estimate of drug-likeness (QED) is 0.863. The highest BCUT2D eigenvalue weighted by atomic mass is 32.1. The van der Waals surface area contributed by atoms with Crippen LogP contribution < -0.4 is 5.32 Å². The van der Waals surface area contributed by atoms with Crippen molar-refractivity contribution in [2.24, 2.45) is 0 Å². The van der Waals surface area contributed by atoms with E-state index in [-0.39, 0.29) is 10.9 Å². The number of thiazole rings is 1. The molecule has 1 aromatic heterocycles. The molecular weight excluding hydrogens is 277 g/mol. The first-order valence-corrected chi connectivity index (χ1v) is 6.15. The minimum atomic E-state index is -4.44. The first-order valence-electron chi connectivity index (χ1n) is 5.27. The van der Waals surface area contributed by atoms with Crippen molar-refractivity contribution in [3.8, 4) is 0 Å². The number of Topliss-reactive ketones (excluding diaryl/α,β-unsaturated/α-hetero) is 1. The Bertz CT molecular complexity index is 590. The van der Waals surface area contributed by atoms with Crippen molar-refractivity contribution >= 4 is 27.9 Å². The Morgan fingerprint density at radius 3 is 2.37 bits per heavy atom. The zero-order valence-corrected chi connectivity index (χ0v) is 10.6. The van der Waals surface area contributed by atoms with E-state index in [0.717, 1.165) is 16.7 Å². The van der Waals surface area contributed by atoms with Crippen LogP contribution in [-0.2, 0) is 6.18 Å². The average molecular weight is 286 g/mol. The molecule has 19 heavy (non-hydrogen) atoms. The molecule has 0 saturated carbocycles. The molecule has 0 aliphatic carbocycles. The number of hydrogen-bond acceptors (Lipinski definition) is 4. The van der Waals surface area contributed by atoms with Crippen molar-refractivity contribution in [2.45, 2.75) is 13.1 Å². The van der Waals surface area contributed by atoms with Crippen molar-refractivity contribution in [1.82, 2.24) is 4.98 Å². The summed E-state index contributed by atoms with van der Waals surface area (Å²) in [5.74, 6) is -0.0693. The third kappa shape index (κ3) is 3.31. The number of ketones is 1. The summed E-state index contributed by atoms with van der Waals surface area (Å²) in [6, 6.07) is 6.43. The average Bonchev–Trinajstić information content (AvgIpc) is 2.78. The zero-order valence-electron chi connectivity index (χ0n) is 9.78. The van der Waals surface area contributed by atoms with Crippen LogP contribution in [0.1, 0.15) is 23.0 Å². The van der Waals surface area contributed by atoms with Crippen LogP contribution in [-0.4, -0.2) is 10.8 Å². The Labute approximate surface area is 111 Å². The number of aromatic nitrogens is 1. The Morgan fingerprint density at radius 1 is 1.26 bits per heavy atom. The normalized spacial score (nSPS) is 11.4. The number of hydrogen-bond donors (Lipinski definition) is 1. The van der Waals surface area contributed by atoms with Crippen molar-refractivity contribution in [2.75, 3.05) is 5.32 Å². The molecule has 0 fully saturated rings.